The first-order valence-electron chi connectivity index (χ1n) is 7.10. The fraction of sp³-hybridized carbons (Fsp3) is 0.533. The van der Waals surface area contributed by atoms with Gasteiger partial charge in [0, 0.05) is 18.8 Å². The Bertz CT molecular complexity index is 450. The molecule has 110 valence electrons. The summed E-state index contributed by atoms with van der Waals surface area (Å²) in [5, 5.41) is 12.7. The number of benzene rings is 1. The number of hydrogen-bond donors (Lipinski definition) is 2. The van der Waals surface area contributed by atoms with E-state index >= 15 is 0 Å². The van der Waals surface area contributed by atoms with Gasteiger partial charge >= 0.3 is 0 Å². The number of carbonyl (C=O) groups is 1. The number of hydrogen-bond acceptors (Lipinski definition) is 4. The molecule has 0 aliphatic carbocycles. The van der Waals surface area contributed by atoms with E-state index in [1.165, 1.54) is 0 Å². The van der Waals surface area contributed by atoms with E-state index in [2.05, 4.69) is 12.2 Å². The summed E-state index contributed by atoms with van der Waals surface area (Å²) in [7, 11) is 0. The van der Waals surface area contributed by atoms with Crippen molar-refractivity contribution in [3.8, 4) is 0 Å². The van der Waals surface area contributed by atoms with Crippen LogP contribution in [0, 0.1) is 0 Å². The van der Waals surface area contributed by atoms with Crippen LogP contribution in [0.15, 0.2) is 24.3 Å². The Labute approximate surface area is 119 Å². The number of rotatable bonds is 5. The van der Waals surface area contributed by atoms with Crippen molar-refractivity contribution in [1.82, 2.24) is 4.90 Å². The molecular weight excluding hydrogens is 256 g/mol. The Kier molecular flexibility index (Phi) is 5.38. The van der Waals surface area contributed by atoms with Crippen LogP contribution < -0.4 is 5.32 Å². The molecule has 0 saturated carbocycles. The van der Waals surface area contributed by atoms with Crippen LogP contribution in [0.3, 0.4) is 0 Å². The largest absolute Gasteiger partial charge is 0.394 e. The fourth-order valence-electron chi connectivity index (χ4n) is 2.31. The number of para-hydroxylation sites is 1. The Hall–Kier alpha value is -1.59. The molecule has 1 saturated heterocycles. The van der Waals surface area contributed by atoms with Gasteiger partial charge in [0.15, 0.2) is 0 Å². The molecular formula is C15H22N2O3. The van der Waals surface area contributed by atoms with Crippen molar-refractivity contribution >= 4 is 11.6 Å². The Morgan fingerprint density at radius 2 is 2.30 bits per heavy atom. The maximum absolute atomic E-state index is 12.7. The second-order valence-electron chi connectivity index (χ2n) is 4.88. The lowest BCUT2D eigenvalue weighted by Gasteiger charge is -2.34. The van der Waals surface area contributed by atoms with Crippen LogP contribution in [-0.4, -0.2) is 54.9 Å². The average molecular weight is 278 g/mol. The normalized spacial score (nSPS) is 18.9. The minimum absolute atomic E-state index is 0.0495. The van der Waals surface area contributed by atoms with Crippen LogP contribution in [-0.2, 0) is 4.74 Å². The van der Waals surface area contributed by atoms with Crippen molar-refractivity contribution in [3.63, 3.8) is 0 Å². The quantitative estimate of drug-likeness (QED) is 0.853. The molecule has 1 aliphatic heterocycles. The summed E-state index contributed by atoms with van der Waals surface area (Å²) in [6.07, 6.45) is 0.999. The zero-order valence-electron chi connectivity index (χ0n) is 11.8. The third-order valence-electron chi connectivity index (χ3n) is 3.42. The molecule has 5 nitrogen and oxygen atoms in total. The highest BCUT2D eigenvalue weighted by Gasteiger charge is 2.28. The maximum atomic E-state index is 12.7. The molecule has 1 aromatic rings. The molecule has 1 aliphatic rings. The number of aliphatic hydroxyl groups is 1. The molecule has 0 bridgehead atoms. The van der Waals surface area contributed by atoms with Gasteiger partial charge in [0.05, 0.1) is 31.4 Å². The standard InChI is InChI=1S/C15H22N2O3/c1-2-7-16-14-6-4-3-5-13(14)15(19)17-8-9-20-11-12(17)10-18/h3-6,12,16,18H,2,7-11H2,1H3. The van der Waals surface area contributed by atoms with E-state index in [9.17, 15) is 9.90 Å². The van der Waals surface area contributed by atoms with Crippen molar-refractivity contribution in [2.45, 2.75) is 19.4 Å². The molecule has 5 heteroatoms. The third-order valence-corrected chi connectivity index (χ3v) is 3.42. The lowest BCUT2D eigenvalue weighted by Crippen LogP contribution is -2.50. The highest BCUT2D eigenvalue weighted by molar-refractivity contribution is 5.99. The highest BCUT2D eigenvalue weighted by atomic mass is 16.5. The highest BCUT2D eigenvalue weighted by Crippen LogP contribution is 2.20. The smallest absolute Gasteiger partial charge is 0.256 e. The minimum atomic E-state index is -0.254. The molecule has 1 heterocycles. The number of amides is 1. The van der Waals surface area contributed by atoms with Gasteiger partial charge in [0.2, 0.25) is 0 Å². The SMILES string of the molecule is CCCNc1ccccc1C(=O)N1CCOCC1CO. The van der Waals surface area contributed by atoms with Gasteiger partial charge in [0.1, 0.15) is 0 Å². The third kappa shape index (κ3) is 3.29. The first kappa shape index (κ1) is 14.8. The van der Waals surface area contributed by atoms with E-state index in [0.717, 1.165) is 18.7 Å². The van der Waals surface area contributed by atoms with Crippen molar-refractivity contribution in [1.29, 1.82) is 0 Å². The lowest BCUT2D eigenvalue weighted by atomic mass is 10.1. The number of carbonyl (C=O) groups excluding carboxylic acids is 1. The van der Waals surface area contributed by atoms with Crippen molar-refractivity contribution in [3.05, 3.63) is 29.8 Å². The Balaban J connectivity index is 2.19. The van der Waals surface area contributed by atoms with Gasteiger partial charge in [-0.05, 0) is 18.6 Å². The summed E-state index contributed by atoms with van der Waals surface area (Å²) in [5.41, 5.74) is 1.50. The average Bonchev–Trinajstić information content (AvgIpc) is 2.52. The number of anilines is 1. The van der Waals surface area contributed by atoms with Gasteiger partial charge in [-0.2, -0.15) is 0 Å². The molecule has 2 N–H and O–H groups in total. The predicted molar refractivity (Wildman–Crippen MR) is 78.0 cm³/mol. The van der Waals surface area contributed by atoms with Gasteiger partial charge in [-0.3, -0.25) is 4.79 Å². The van der Waals surface area contributed by atoms with Gasteiger partial charge in [0.25, 0.3) is 5.91 Å². The second kappa shape index (κ2) is 7.26. The molecule has 1 aromatic carbocycles. The first-order chi connectivity index (χ1) is 9.77. The van der Waals surface area contributed by atoms with Crippen molar-refractivity contribution in [2.75, 3.05) is 38.2 Å². The predicted octanol–water partition coefficient (Wildman–Crippen LogP) is 1.34. The van der Waals surface area contributed by atoms with Crippen LogP contribution in [0.25, 0.3) is 0 Å². The maximum Gasteiger partial charge on any atom is 0.256 e. The van der Waals surface area contributed by atoms with Gasteiger partial charge < -0.3 is 20.1 Å². The van der Waals surface area contributed by atoms with E-state index < -0.39 is 0 Å². The number of nitrogens with one attached hydrogen (secondary N) is 1. The Morgan fingerprint density at radius 1 is 1.50 bits per heavy atom. The number of nitrogens with zero attached hydrogens (tertiary/aromatic N) is 1. The zero-order valence-corrected chi connectivity index (χ0v) is 11.8. The van der Waals surface area contributed by atoms with E-state index in [4.69, 9.17) is 4.74 Å². The van der Waals surface area contributed by atoms with Gasteiger partial charge in [-0.15, -0.1) is 0 Å². The monoisotopic (exact) mass is 278 g/mol. The molecule has 0 radical (unpaired) electrons. The second-order valence-corrected chi connectivity index (χ2v) is 4.88. The molecule has 2 rings (SSSR count). The summed E-state index contributed by atoms with van der Waals surface area (Å²) in [6.45, 7) is 4.28. The summed E-state index contributed by atoms with van der Waals surface area (Å²) < 4.78 is 5.31. The summed E-state index contributed by atoms with van der Waals surface area (Å²) >= 11 is 0. The zero-order chi connectivity index (χ0) is 14.4. The molecule has 1 fully saturated rings. The molecule has 0 aromatic heterocycles. The molecule has 20 heavy (non-hydrogen) atoms. The molecule has 1 amide bonds. The number of aliphatic hydroxyl groups excluding tert-OH is 1. The van der Waals surface area contributed by atoms with E-state index in [-0.39, 0.29) is 18.6 Å². The Morgan fingerprint density at radius 3 is 3.05 bits per heavy atom. The van der Waals surface area contributed by atoms with Crippen molar-refractivity contribution < 1.29 is 14.6 Å². The first-order valence-corrected chi connectivity index (χ1v) is 7.10. The summed E-state index contributed by atoms with van der Waals surface area (Å²) in [6, 6.07) is 7.26. The summed E-state index contributed by atoms with van der Waals surface area (Å²) in [4.78, 5) is 14.4. The number of morpholine rings is 1. The van der Waals surface area contributed by atoms with Crippen LogP contribution in [0.1, 0.15) is 23.7 Å². The molecule has 1 atom stereocenters. The topological polar surface area (TPSA) is 61.8 Å². The van der Waals surface area contributed by atoms with Crippen molar-refractivity contribution in [2.24, 2.45) is 0 Å². The van der Waals surface area contributed by atoms with E-state index in [0.29, 0.717) is 25.3 Å². The lowest BCUT2D eigenvalue weighted by molar-refractivity contribution is -0.0183. The fourth-order valence-corrected chi connectivity index (χ4v) is 2.31. The van der Waals surface area contributed by atoms with E-state index in [1.54, 1.807) is 4.90 Å². The van der Waals surface area contributed by atoms with Crippen LogP contribution >= 0.6 is 0 Å². The van der Waals surface area contributed by atoms with Crippen LogP contribution in [0.4, 0.5) is 5.69 Å². The van der Waals surface area contributed by atoms with Gasteiger partial charge in [-0.25, -0.2) is 0 Å². The number of ether oxygens (including phenoxy) is 1. The molecule has 1 unspecified atom stereocenters. The molecule has 0 spiro atoms. The van der Waals surface area contributed by atoms with Gasteiger partial charge in [-0.1, -0.05) is 19.1 Å². The minimum Gasteiger partial charge on any atom is -0.394 e. The van der Waals surface area contributed by atoms with E-state index in [1.807, 2.05) is 24.3 Å². The van der Waals surface area contributed by atoms with Crippen LogP contribution in [0.5, 0.6) is 0 Å². The summed E-state index contributed by atoms with van der Waals surface area (Å²) in [5.74, 6) is -0.0495. The van der Waals surface area contributed by atoms with Crippen LogP contribution in [0.2, 0.25) is 0 Å².